The van der Waals surface area contributed by atoms with E-state index in [-0.39, 0.29) is 11.8 Å². The van der Waals surface area contributed by atoms with Crippen LogP contribution in [0.25, 0.3) is 0 Å². The third-order valence-corrected chi connectivity index (χ3v) is 3.11. The van der Waals surface area contributed by atoms with Gasteiger partial charge in [0.25, 0.3) is 0 Å². The van der Waals surface area contributed by atoms with Crippen molar-refractivity contribution in [2.45, 2.75) is 13.2 Å². The van der Waals surface area contributed by atoms with Crippen LogP contribution in [0.15, 0.2) is 42.6 Å². The largest absolute Gasteiger partial charge is 0.481 e. The lowest BCUT2D eigenvalue weighted by atomic mass is 10.2. The summed E-state index contributed by atoms with van der Waals surface area (Å²) >= 11 is 0. The number of nitrogens with one attached hydrogen (secondary N) is 1. The summed E-state index contributed by atoms with van der Waals surface area (Å²) in [5.41, 5.74) is 1.32. The normalized spacial score (nSPS) is 10.4. The van der Waals surface area contributed by atoms with Gasteiger partial charge in [-0.3, -0.25) is 0 Å². The number of methoxy groups -OCH3 is 1. The van der Waals surface area contributed by atoms with Crippen LogP contribution in [-0.2, 0) is 6.54 Å². The van der Waals surface area contributed by atoms with Crippen molar-refractivity contribution in [1.82, 2.24) is 9.88 Å². The van der Waals surface area contributed by atoms with Crippen LogP contribution in [-0.4, -0.2) is 36.7 Å². The van der Waals surface area contributed by atoms with Crippen LogP contribution in [0, 0.1) is 0 Å². The molecule has 2 amide bonds. The molecule has 0 saturated carbocycles. The van der Waals surface area contributed by atoms with Crippen molar-refractivity contribution in [3.05, 3.63) is 48.2 Å². The van der Waals surface area contributed by atoms with Gasteiger partial charge < -0.3 is 19.7 Å². The summed E-state index contributed by atoms with van der Waals surface area (Å²) in [7, 11) is 3.13. The lowest BCUT2D eigenvalue weighted by Gasteiger charge is -2.18. The molecule has 1 aromatic heterocycles. The van der Waals surface area contributed by atoms with E-state index >= 15 is 0 Å². The maximum absolute atomic E-state index is 12.1. The molecule has 0 aliphatic heterocycles. The van der Waals surface area contributed by atoms with Gasteiger partial charge in [0, 0.05) is 19.7 Å². The monoisotopic (exact) mass is 337 g/mol. The molecule has 24 heavy (non-hydrogen) atoms. The number of rotatable bonds is 6. The van der Waals surface area contributed by atoms with E-state index in [2.05, 4.69) is 15.0 Å². The quantitative estimate of drug-likeness (QED) is 0.878. The number of aromatic nitrogens is 1. The van der Waals surface area contributed by atoms with E-state index in [1.54, 1.807) is 31.3 Å². The fraction of sp³-hybridized carbons (Fsp3) is 0.250. The van der Waals surface area contributed by atoms with Crippen LogP contribution in [0.5, 0.6) is 11.6 Å². The second-order valence-corrected chi connectivity index (χ2v) is 4.90. The maximum atomic E-state index is 12.1. The minimum absolute atomic E-state index is 0.0742. The van der Waals surface area contributed by atoms with Crippen molar-refractivity contribution in [3.63, 3.8) is 0 Å². The topological polar surface area (TPSA) is 63.7 Å². The second kappa shape index (κ2) is 8.09. The number of alkyl halides is 2. The lowest BCUT2D eigenvalue weighted by molar-refractivity contribution is -0.0498. The Kier molecular flexibility index (Phi) is 5.89. The van der Waals surface area contributed by atoms with Gasteiger partial charge >= 0.3 is 12.6 Å². The Bertz CT molecular complexity index is 663. The molecule has 6 nitrogen and oxygen atoms in total. The van der Waals surface area contributed by atoms with Crippen LogP contribution in [0.4, 0.5) is 19.3 Å². The van der Waals surface area contributed by atoms with Crippen molar-refractivity contribution >= 4 is 11.7 Å². The van der Waals surface area contributed by atoms with E-state index in [0.29, 0.717) is 18.1 Å². The number of hydrogen-bond acceptors (Lipinski definition) is 4. The zero-order valence-corrected chi connectivity index (χ0v) is 13.2. The predicted molar refractivity (Wildman–Crippen MR) is 84.3 cm³/mol. The van der Waals surface area contributed by atoms with Crippen LogP contribution in [0.1, 0.15) is 5.56 Å². The van der Waals surface area contributed by atoms with Gasteiger partial charge in [-0.25, -0.2) is 9.78 Å². The molecule has 0 aliphatic carbocycles. The van der Waals surface area contributed by atoms with Gasteiger partial charge in [0.1, 0.15) is 5.75 Å². The fourth-order valence-corrected chi connectivity index (χ4v) is 1.92. The van der Waals surface area contributed by atoms with Gasteiger partial charge in [0.15, 0.2) is 0 Å². The number of hydrogen-bond donors (Lipinski definition) is 1. The number of pyridine rings is 1. The number of halogens is 2. The molecule has 0 spiro atoms. The summed E-state index contributed by atoms with van der Waals surface area (Å²) in [5, 5.41) is 2.70. The highest BCUT2D eigenvalue weighted by atomic mass is 19.3. The smallest absolute Gasteiger partial charge is 0.387 e. The molecule has 0 fully saturated rings. The molecule has 1 aromatic carbocycles. The Morgan fingerprint density at radius 3 is 2.50 bits per heavy atom. The highest BCUT2D eigenvalue weighted by Crippen LogP contribution is 2.16. The lowest BCUT2D eigenvalue weighted by Crippen LogP contribution is -2.30. The van der Waals surface area contributed by atoms with Gasteiger partial charge in [0.05, 0.1) is 19.0 Å². The Morgan fingerprint density at radius 2 is 1.96 bits per heavy atom. The van der Waals surface area contributed by atoms with Crippen molar-refractivity contribution in [2.75, 3.05) is 19.5 Å². The van der Waals surface area contributed by atoms with Crippen molar-refractivity contribution in [3.8, 4) is 11.6 Å². The highest BCUT2D eigenvalue weighted by molar-refractivity contribution is 5.88. The Hall–Kier alpha value is -2.90. The number of nitrogens with zero attached hydrogens (tertiary/aromatic N) is 2. The standard InChI is InChI=1S/C16H17F2N3O3/c1-21(10-11-3-6-13(7-4-11)24-15(17)18)16(22)20-12-5-8-14(23-2)19-9-12/h3-9,15H,10H2,1-2H3,(H,20,22). The van der Waals surface area contributed by atoms with E-state index in [1.165, 1.54) is 30.3 Å². The minimum atomic E-state index is -2.86. The van der Waals surface area contributed by atoms with Crippen LogP contribution >= 0.6 is 0 Å². The van der Waals surface area contributed by atoms with Gasteiger partial charge in [-0.15, -0.1) is 0 Å². The molecule has 0 bridgehead atoms. The van der Waals surface area contributed by atoms with Crippen molar-refractivity contribution in [2.24, 2.45) is 0 Å². The summed E-state index contributed by atoms with van der Waals surface area (Å²) in [5.74, 6) is 0.526. The Labute approximate surface area is 138 Å². The minimum Gasteiger partial charge on any atom is -0.481 e. The third kappa shape index (κ3) is 5.08. The highest BCUT2D eigenvalue weighted by Gasteiger charge is 2.10. The van der Waals surface area contributed by atoms with E-state index in [0.717, 1.165) is 5.56 Å². The maximum Gasteiger partial charge on any atom is 0.387 e. The van der Waals surface area contributed by atoms with Gasteiger partial charge in [0.2, 0.25) is 5.88 Å². The number of carbonyl (C=O) groups is 1. The first-order valence-electron chi connectivity index (χ1n) is 7.04. The number of anilines is 1. The summed E-state index contributed by atoms with van der Waals surface area (Å²) < 4.78 is 33.4. The van der Waals surface area contributed by atoms with Crippen molar-refractivity contribution in [1.29, 1.82) is 0 Å². The molecule has 0 saturated heterocycles. The first-order chi connectivity index (χ1) is 11.5. The molecule has 128 valence electrons. The molecule has 0 aliphatic rings. The first-order valence-corrected chi connectivity index (χ1v) is 7.04. The SMILES string of the molecule is COc1ccc(NC(=O)N(C)Cc2ccc(OC(F)F)cc2)cn1. The molecule has 8 heteroatoms. The van der Waals surface area contributed by atoms with E-state index in [9.17, 15) is 13.6 Å². The second-order valence-electron chi connectivity index (χ2n) is 4.90. The van der Waals surface area contributed by atoms with Crippen LogP contribution in [0.2, 0.25) is 0 Å². The summed E-state index contributed by atoms with van der Waals surface area (Å²) in [4.78, 5) is 17.6. The zero-order chi connectivity index (χ0) is 17.5. The van der Waals surface area contributed by atoms with Gasteiger partial charge in [-0.05, 0) is 23.8 Å². The third-order valence-electron chi connectivity index (χ3n) is 3.11. The average Bonchev–Trinajstić information content (AvgIpc) is 2.56. The van der Waals surface area contributed by atoms with E-state index in [4.69, 9.17) is 4.74 Å². The summed E-state index contributed by atoms with van der Waals surface area (Å²) in [6.07, 6.45) is 1.49. The van der Waals surface area contributed by atoms with Crippen LogP contribution < -0.4 is 14.8 Å². The number of carbonyl (C=O) groups excluding carboxylic acids is 1. The predicted octanol–water partition coefficient (Wildman–Crippen LogP) is 3.36. The molecular formula is C16H17F2N3O3. The zero-order valence-electron chi connectivity index (χ0n) is 13.2. The molecule has 0 radical (unpaired) electrons. The Balaban J connectivity index is 1.90. The van der Waals surface area contributed by atoms with E-state index in [1.807, 2.05) is 0 Å². The number of urea groups is 1. The fourth-order valence-electron chi connectivity index (χ4n) is 1.92. The molecule has 2 aromatic rings. The molecule has 0 atom stereocenters. The van der Waals surface area contributed by atoms with Crippen LogP contribution in [0.3, 0.4) is 0 Å². The van der Waals surface area contributed by atoms with Gasteiger partial charge in [-0.1, -0.05) is 12.1 Å². The van der Waals surface area contributed by atoms with E-state index < -0.39 is 6.61 Å². The summed E-state index contributed by atoms with van der Waals surface area (Å²) in [6, 6.07) is 9.09. The number of ether oxygens (including phenoxy) is 2. The van der Waals surface area contributed by atoms with Gasteiger partial charge in [-0.2, -0.15) is 8.78 Å². The molecular weight excluding hydrogens is 320 g/mol. The number of benzene rings is 1. The molecule has 1 heterocycles. The Morgan fingerprint density at radius 1 is 1.25 bits per heavy atom. The molecule has 0 unspecified atom stereocenters. The number of amides is 2. The molecule has 2 rings (SSSR count). The molecule has 1 N–H and O–H groups in total. The first kappa shape index (κ1) is 17.5. The average molecular weight is 337 g/mol. The van der Waals surface area contributed by atoms with Crippen molar-refractivity contribution < 1.29 is 23.0 Å². The summed E-state index contributed by atoms with van der Waals surface area (Å²) in [6.45, 7) is -2.55.